The fourth-order valence-electron chi connectivity index (χ4n) is 6.19. The van der Waals surface area contributed by atoms with Crippen LogP contribution in [0.15, 0.2) is 0 Å². The number of nitrogens with two attached hydrogens (primary N) is 2. The normalized spacial score (nSPS) is 47.0. The molecule has 0 aromatic rings. The lowest BCUT2D eigenvalue weighted by Crippen LogP contribution is -2.73. The standard InChI is InChI=1S/C20H40N8O4S2/c21-7-12-5-11-6-20(29,4-3-14(11)26-12)9-32-18-16-17(25-10-24-16)27-19(28-18)23-8-13-1-2-15(33-13)34(22,30)31/h11-19,23-29H,1-10,21H2,(H2,22,30,31)/t11-,12-,13?,14+,15?,16?,17?,18?,19?,20-/m0/s1. The summed E-state index contributed by atoms with van der Waals surface area (Å²) in [6.45, 7) is 2.25. The molecule has 6 unspecified atom stereocenters. The van der Waals surface area contributed by atoms with Crippen molar-refractivity contribution in [2.24, 2.45) is 16.8 Å². The summed E-state index contributed by atoms with van der Waals surface area (Å²) in [4.78, 5) is 0. The van der Waals surface area contributed by atoms with E-state index in [0.717, 1.165) is 32.1 Å². The number of sulfonamides is 1. The number of rotatable bonds is 8. The number of ether oxygens (including phenoxy) is 1. The van der Waals surface area contributed by atoms with Crippen LogP contribution >= 0.6 is 11.8 Å². The van der Waals surface area contributed by atoms with Gasteiger partial charge in [-0.15, -0.1) is 11.8 Å². The maximum absolute atomic E-state index is 11.6. The second-order valence-electron chi connectivity index (χ2n) is 10.5. The molecule has 4 saturated heterocycles. The third-order valence-corrected chi connectivity index (χ3v) is 11.4. The van der Waals surface area contributed by atoms with E-state index >= 15 is 0 Å². The highest BCUT2D eigenvalue weighted by molar-refractivity contribution is 8.13. The number of hydrogen-bond acceptors (Lipinski definition) is 12. The molecule has 0 radical (unpaired) electrons. The summed E-state index contributed by atoms with van der Waals surface area (Å²) in [5, 5.41) is 37.6. The Kier molecular flexibility index (Phi) is 7.77. The summed E-state index contributed by atoms with van der Waals surface area (Å²) in [7, 11) is -3.50. The second-order valence-corrected chi connectivity index (χ2v) is 14.1. The van der Waals surface area contributed by atoms with Gasteiger partial charge in [-0.05, 0) is 44.4 Å². The first-order valence-corrected chi connectivity index (χ1v) is 15.0. The van der Waals surface area contributed by atoms with Crippen molar-refractivity contribution in [2.45, 2.75) is 90.8 Å². The van der Waals surface area contributed by atoms with Gasteiger partial charge in [-0.1, -0.05) is 0 Å². The van der Waals surface area contributed by atoms with Crippen LogP contribution in [0.1, 0.15) is 38.5 Å². The first-order chi connectivity index (χ1) is 16.2. The van der Waals surface area contributed by atoms with Crippen molar-refractivity contribution in [3.63, 3.8) is 0 Å². The zero-order valence-electron chi connectivity index (χ0n) is 19.4. The van der Waals surface area contributed by atoms with Crippen molar-refractivity contribution in [2.75, 3.05) is 26.4 Å². The molecule has 0 aromatic carbocycles. The average Bonchev–Trinajstić information content (AvgIpc) is 3.54. The van der Waals surface area contributed by atoms with Crippen LogP contribution in [0.25, 0.3) is 0 Å². The molecule has 12 nitrogen and oxygen atoms in total. The van der Waals surface area contributed by atoms with E-state index in [0.29, 0.717) is 44.2 Å². The van der Waals surface area contributed by atoms with Crippen LogP contribution in [0.2, 0.25) is 0 Å². The van der Waals surface area contributed by atoms with Gasteiger partial charge in [0.2, 0.25) is 10.0 Å². The fraction of sp³-hybridized carbons (Fsp3) is 1.00. The predicted molar refractivity (Wildman–Crippen MR) is 131 cm³/mol. The molecular formula is C20H40N8O4S2. The highest BCUT2D eigenvalue weighted by Crippen LogP contribution is 2.39. The second kappa shape index (κ2) is 10.3. The van der Waals surface area contributed by atoms with E-state index in [9.17, 15) is 13.5 Å². The predicted octanol–water partition coefficient (Wildman–Crippen LogP) is -3.03. The number of primary sulfonamides is 1. The van der Waals surface area contributed by atoms with E-state index in [1.165, 1.54) is 11.8 Å². The molecule has 4 aliphatic heterocycles. The van der Waals surface area contributed by atoms with Gasteiger partial charge in [-0.2, -0.15) is 0 Å². The number of nitrogens with one attached hydrogen (secondary N) is 6. The minimum absolute atomic E-state index is 0.0203. The van der Waals surface area contributed by atoms with Crippen LogP contribution in [0.3, 0.4) is 0 Å². The highest BCUT2D eigenvalue weighted by Gasteiger charge is 2.46. The molecule has 0 bridgehead atoms. The Morgan fingerprint density at radius 3 is 2.79 bits per heavy atom. The number of hydrogen-bond donors (Lipinski definition) is 9. The molecule has 0 amide bonds. The number of thioether (sulfide) groups is 1. The number of fused-ring (bicyclic) bond motifs is 2. The van der Waals surface area contributed by atoms with Gasteiger partial charge in [-0.25, -0.2) is 13.6 Å². The zero-order chi connectivity index (χ0) is 23.9. The van der Waals surface area contributed by atoms with Gasteiger partial charge in [0.1, 0.15) is 17.1 Å². The molecule has 5 fully saturated rings. The van der Waals surface area contributed by atoms with Gasteiger partial charge in [-0.3, -0.25) is 26.6 Å². The zero-order valence-corrected chi connectivity index (χ0v) is 21.0. The van der Waals surface area contributed by atoms with Crippen LogP contribution in [-0.2, 0) is 14.8 Å². The lowest BCUT2D eigenvalue weighted by atomic mass is 9.75. The summed E-state index contributed by atoms with van der Waals surface area (Å²) in [6, 6.07) is 0.830. The van der Waals surface area contributed by atoms with E-state index in [4.69, 9.17) is 15.6 Å². The third-order valence-electron chi connectivity index (χ3n) is 7.99. The summed E-state index contributed by atoms with van der Waals surface area (Å²) in [6.07, 6.45) is 4.34. The molecular weight excluding hydrogens is 480 g/mol. The maximum Gasteiger partial charge on any atom is 0.221 e. The maximum atomic E-state index is 11.6. The van der Waals surface area contributed by atoms with Gasteiger partial charge in [0, 0.05) is 37.1 Å². The van der Waals surface area contributed by atoms with Crippen LogP contribution in [-0.4, -0.2) is 92.1 Å². The molecule has 1 saturated carbocycles. The monoisotopic (exact) mass is 520 g/mol. The smallest absolute Gasteiger partial charge is 0.221 e. The van der Waals surface area contributed by atoms with Crippen LogP contribution in [0, 0.1) is 5.92 Å². The van der Waals surface area contributed by atoms with Gasteiger partial charge in [0.15, 0.2) is 0 Å². The van der Waals surface area contributed by atoms with Crippen LogP contribution < -0.4 is 42.8 Å². The SMILES string of the molecule is NC[C@@H]1C[C@H]2C[C@](O)(COC3NC(NCC4CCC(S(N)(=O)=O)S4)NC4NCNC43)CC[C@H]2N1. The minimum Gasteiger partial charge on any atom is -0.387 e. The van der Waals surface area contributed by atoms with E-state index in [2.05, 4.69) is 31.9 Å². The highest BCUT2D eigenvalue weighted by atomic mass is 32.3. The van der Waals surface area contributed by atoms with Crippen molar-refractivity contribution in [3.05, 3.63) is 0 Å². The molecule has 5 aliphatic rings. The molecule has 10 atom stereocenters. The van der Waals surface area contributed by atoms with Gasteiger partial charge in [0.05, 0.1) is 24.4 Å². The molecule has 34 heavy (non-hydrogen) atoms. The fourth-order valence-corrected chi connectivity index (χ4v) is 8.91. The molecule has 0 spiro atoms. The minimum atomic E-state index is -3.50. The molecule has 11 N–H and O–H groups in total. The molecule has 1 aliphatic carbocycles. The van der Waals surface area contributed by atoms with Crippen molar-refractivity contribution < 1.29 is 18.3 Å². The summed E-state index contributed by atoms with van der Waals surface area (Å²) in [5.41, 5.74) is 5.02. The third kappa shape index (κ3) is 5.73. The quantitative estimate of drug-likeness (QED) is 0.158. The Labute approximate surface area is 205 Å². The molecule has 5 rings (SSSR count). The van der Waals surface area contributed by atoms with Gasteiger partial charge < -0.3 is 20.9 Å². The Morgan fingerprint density at radius 1 is 1.18 bits per heavy atom. The lowest BCUT2D eigenvalue weighted by Gasteiger charge is -2.43. The van der Waals surface area contributed by atoms with Crippen molar-refractivity contribution in [1.29, 1.82) is 0 Å². The Bertz CT molecular complexity index is 824. The summed E-state index contributed by atoms with van der Waals surface area (Å²) in [5.74, 6) is 0.440. The molecule has 14 heteroatoms. The van der Waals surface area contributed by atoms with Crippen molar-refractivity contribution >= 4 is 21.8 Å². The van der Waals surface area contributed by atoms with Crippen LogP contribution in [0.5, 0.6) is 0 Å². The molecule has 196 valence electrons. The first-order valence-electron chi connectivity index (χ1n) is 12.4. The summed E-state index contributed by atoms with van der Waals surface area (Å²) < 4.78 is 29.0. The van der Waals surface area contributed by atoms with Crippen LogP contribution in [0.4, 0.5) is 0 Å². The first kappa shape index (κ1) is 25.5. The van der Waals surface area contributed by atoms with Gasteiger partial charge in [0.25, 0.3) is 0 Å². The van der Waals surface area contributed by atoms with Crippen molar-refractivity contribution in [3.8, 4) is 0 Å². The molecule has 0 aromatic heterocycles. The Hall–Kier alpha value is -0.100. The lowest BCUT2D eigenvalue weighted by molar-refractivity contribution is -0.126. The topological polar surface area (TPSA) is 188 Å². The Balaban J connectivity index is 1.13. The summed E-state index contributed by atoms with van der Waals surface area (Å²) >= 11 is 1.43. The number of aliphatic hydroxyl groups is 1. The average molecular weight is 521 g/mol. The van der Waals surface area contributed by atoms with E-state index < -0.39 is 20.2 Å². The largest absolute Gasteiger partial charge is 0.387 e. The van der Waals surface area contributed by atoms with E-state index in [1.807, 2.05) is 0 Å². The molecule has 4 heterocycles. The van der Waals surface area contributed by atoms with E-state index in [1.54, 1.807) is 0 Å². The van der Waals surface area contributed by atoms with Gasteiger partial charge >= 0.3 is 0 Å². The van der Waals surface area contributed by atoms with E-state index in [-0.39, 0.29) is 36.6 Å². The van der Waals surface area contributed by atoms with Crippen molar-refractivity contribution in [1.82, 2.24) is 31.9 Å². The Morgan fingerprint density at radius 2 is 2.03 bits per heavy atom.